The maximum Gasteiger partial charge on any atom is 0.394 e. The van der Waals surface area contributed by atoms with E-state index in [1.165, 1.54) is 53.0 Å². The number of methoxy groups -OCH3 is 1. The molecule has 1 unspecified atom stereocenters. The first-order valence-electron chi connectivity index (χ1n) is 14.7. The van der Waals surface area contributed by atoms with Crippen molar-refractivity contribution in [3.05, 3.63) is 70.4 Å². The summed E-state index contributed by atoms with van der Waals surface area (Å²) in [5, 5.41) is 12.8. The summed E-state index contributed by atoms with van der Waals surface area (Å²) in [5.74, 6) is -1.33. The van der Waals surface area contributed by atoms with Gasteiger partial charge in [0.25, 0.3) is 11.5 Å². The second kappa shape index (κ2) is 15.5. The van der Waals surface area contributed by atoms with Crippen molar-refractivity contribution < 1.29 is 37.0 Å². The molecule has 1 fully saturated rings. The first-order chi connectivity index (χ1) is 21.9. The Morgan fingerprint density at radius 1 is 1.15 bits per heavy atom. The molecule has 46 heavy (non-hydrogen) atoms. The highest BCUT2D eigenvalue weighted by Gasteiger charge is 2.26. The lowest BCUT2D eigenvalue weighted by molar-refractivity contribution is -0.159. The Kier molecular flexibility index (Phi) is 11.5. The number of piperidine rings is 1. The minimum Gasteiger partial charge on any atom is -0.469 e. The fourth-order valence-electron chi connectivity index (χ4n) is 4.93. The van der Waals surface area contributed by atoms with Crippen LogP contribution in [0.4, 0.5) is 18.9 Å². The minimum absolute atomic E-state index is 0.0124. The molecule has 1 saturated heterocycles. The molecule has 0 bridgehead atoms. The largest absolute Gasteiger partial charge is 0.469 e. The third-order valence-electron chi connectivity index (χ3n) is 7.26. The number of pyridine rings is 1. The maximum atomic E-state index is 14.7. The van der Waals surface area contributed by atoms with Gasteiger partial charge in [0.15, 0.2) is 5.69 Å². The number of hydrogen-bond donors (Lipinski definition) is 2. The molecule has 1 aromatic carbocycles. The number of carbonyl (C=O) groups excluding carboxylic acids is 3. The number of nitrogens with zero attached hydrogens (tertiary/aromatic N) is 5. The molecule has 4 rings (SSSR count). The topological polar surface area (TPSA) is 150 Å². The van der Waals surface area contributed by atoms with E-state index in [4.69, 9.17) is 4.74 Å². The molecule has 0 radical (unpaired) electrons. The standard InChI is InChI=1S/C30H36F3N7O6/c1-30(32,33)46-24-5-3-4-20(14-24)16-34-28(43)25-18-40(37-36-25)17-22(31)8-12-39-13-9-23(15-27(39)42)35-26(41)19-38-10-6-21(7-11-38)29(44)45-2/h3-5,9,13-15,18,21-22H,6-8,10-12,16-17,19H2,1-2H3,(H,34,43)(H,35,41). The molecular formula is C30H36F3N7O6. The molecule has 1 aliphatic heterocycles. The van der Waals surface area contributed by atoms with E-state index in [9.17, 15) is 32.3 Å². The molecule has 2 aromatic heterocycles. The zero-order valence-electron chi connectivity index (χ0n) is 25.5. The van der Waals surface area contributed by atoms with E-state index in [0.717, 1.165) is 0 Å². The van der Waals surface area contributed by atoms with Crippen LogP contribution in [0.5, 0.6) is 5.75 Å². The highest BCUT2D eigenvalue weighted by molar-refractivity contribution is 5.92. The van der Waals surface area contributed by atoms with Crippen LogP contribution >= 0.6 is 0 Å². The molecule has 2 amide bonds. The maximum absolute atomic E-state index is 14.7. The number of esters is 1. The number of nitrogens with one attached hydrogen (secondary N) is 2. The number of alkyl halides is 3. The van der Waals surface area contributed by atoms with Gasteiger partial charge in [0.2, 0.25) is 5.91 Å². The summed E-state index contributed by atoms with van der Waals surface area (Å²) in [6.07, 6.45) is -0.804. The smallest absolute Gasteiger partial charge is 0.394 e. The van der Waals surface area contributed by atoms with Gasteiger partial charge in [-0.25, -0.2) is 9.07 Å². The number of aryl methyl sites for hydroxylation is 1. The number of hydrogen-bond acceptors (Lipinski definition) is 9. The number of halogens is 3. The van der Waals surface area contributed by atoms with Gasteiger partial charge in [-0.1, -0.05) is 17.3 Å². The number of ether oxygens (including phenoxy) is 2. The van der Waals surface area contributed by atoms with Crippen LogP contribution in [0.15, 0.2) is 53.6 Å². The van der Waals surface area contributed by atoms with Gasteiger partial charge in [0, 0.05) is 38.0 Å². The van der Waals surface area contributed by atoms with Crippen molar-refractivity contribution in [2.24, 2.45) is 5.92 Å². The quantitative estimate of drug-likeness (QED) is 0.252. The monoisotopic (exact) mass is 647 g/mol. The average molecular weight is 648 g/mol. The van der Waals surface area contributed by atoms with Crippen LogP contribution in [0.2, 0.25) is 0 Å². The van der Waals surface area contributed by atoms with Gasteiger partial charge in [0.05, 0.1) is 32.3 Å². The van der Waals surface area contributed by atoms with Crippen molar-refractivity contribution in [1.29, 1.82) is 0 Å². The fourth-order valence-corrected chi connectivity index (χ4v) is 4.93. The first kappa shape index (κ1) is 34.1. The van der Waals surface area contributed by atoms with E-state index >= 15 is 0 Å². The van der Waals surface area contributed by atoms with E-state index in [2.05, 4.69) is 25.7 Å². The van der Waals surface area contributed by atoms with Crippen LogP contribution in [-0.2, 0) is 34.0 Å². The Balaban J connectivity index is 1.19. The highest BCUT2D eigenvalue weighted by Crippen LogP contribution is 2.22. The summed E-state index contributed by atoms with van der Waals surface area (Å²) in [6.45, 7) is 1.79. The summed E-state index contributed by atoms with van der Waals surface area (Å²) in [4.78, 5) is 51.1. The normalized spacial score (nSPS) is 14.8. The van der Waals surface area contributed by atoms with Crippen LogP contribution in [0.3, 0.4) is 0 Å². The summed E-state index contributed by atoms with van der Waals surface area (Å²) in [6, 6.07) is 8.71. The van der Waals surface area contributed by atoms with Crippen LogP contribution in [-0.4, -0.2) is 81.3 Å². The molecule has 16 heteroatoms. The number of amides is 2. The lowest BCUT2D eigenvalue weighted by Crippen LogP contribution is -2.41. The molecule has 3 heterocycles. The molecule has 1 aliphatic rings. The van der Waals surface area contributed by atoms with Crippen LogP contribution in [0.25, 0.3) is 0 Å². The van der Waals surface area contributed by atoms with E-state index < -0.39 is 23.7 Å². The SMILES string of the molecule is COC(=O)C1CCN(CC(=O)Nc2ccn(CCC(F)Cn3cc(C(=O)NCc4cccc(OC(C)(F)F)c4)nn3)c(=O)c2)CC1. The molecule has 1 atom stereocenters. The molecular weight excluding hydrogens is 611 g/mol. The second-order valence-electron chi connectivity index (χ2n) is 11.0. The molecule has 2 N–H and O–H groups in total. The van der Waals surface area contributed by atoms with Gasteiger partial charge in [-0.05, 0) is 56.1 Å². The molecule has 248 valence electrons. The van der Waals surface area contributed by atoms with Gasteiger partial charge in [-0.2, -0.15) is 8.78 Å². The van der Waals surface area contributed by atoms with E-state index in [1.807, 2.05) is 4.90 Å². The number of aromatic nitrogens is 4. The van der Waals surface area contributed by atoms with Crippen molar-refractivity contribution >= 4 is 23.5 Å². The predicted octanol–water partition coefficient (Wildman–Crippen LogP) is 2.61. The van der Waals surface area contributed by atoms with Gasteiger partial charge in [0.1, 0.15) is 11.9 Å². The zero-order valence-corrected chi connectivity index (χ0v) is 25.5. The lowest BCUT2D eigenvalue weighted by atomic mass is 9.97. The Hall–Kier alpha value is -4.73. The molecule has 0 aliphatic carbocycles. The molecule has 0 saturated carbocycles. The third kappa shape index (κ3) is 10.4. The van der Waals surface area contributed by atoms with Crippen LogP contribution in [0, 0.1) is 5.92 Å². The lowest BCUT2D eigenvalue weighted by Gasteiger charge is -2.29. The van der Waals surface area contributed by atoms with E-state index in [-0.39, 0.29) is 61.8 Å². The van der Waals surface area contributed by atoms with E-state index in [0.29, 0.717) is 44.1 Å². The van der Waals surface area contributed by atoms with Gasteiger partial charge < -0.3 is 24.7 Å². The Labute approximate surface area is 262 Å². The Morgan fingerprint density at radius 3 is 2.61 bits per heavy atom. The van der Waals surface area contributed by atoms with Gasteiger partial charge in [-0.15, -0.1) is 5.10 Å². The molecule has 13 nitrogen and oxygen atoms in total. The Morgan fingerprint density at radius 2 is 1.91 bits per heavy atom. The van der Waals surface area contributed by atoms with Crippen molar-refractivity contribution in [3.8, 4) is 5.75 Å². The minimum atomic E-state index is -3.34. The van der Waals surface area contributed by atoms with Crippen molar-refractivity contribution in [1.82, 2.24) is 29.8 Å². The molecule has 0 spiro atoms. The third-order valence-corrected chi connectivity index (χ3v) is 7.26. The van der Waals surface area contributed by atoms with Gasteiger partial charge in [-0.3, -0.25) is 24.1 Å². The fraction of sp³-hybridized carbons (Fsp3) is 0.467. The zero-order chi connectivity index (χ0) is 33.3. The van der Waals surface area contributed by atoms with E-state index in [1.54, 1.807) is 12.1 Å². The second-order valence-corrected chi connectivity index (χ2v) is 11.0. The summed E-state index contributed by atoms with van der Waals surface area (Å²) in [7, 11) is 1.36. The highest BCUT2D eigenvalue weighted by atomic mass is 19.3. The molecule has 3 aromatic rings. The number of rotatable bonds is 14. The Bertz CT molecular complexity index is 1570. The van der Waals surface area contributed by atoms with Crippen LogP contribution < -0.4 is 20.9 Å². The number of anilines is 1. The summed E-state index contributed by atoms with van der Waals surface area (Å²) in [5.41, 5.74) is 0.374. The number of carbonyl (C=O) groups is 3. The van der Waals surface area contributed by atoms with Crippen molar-refractivity contribution in [2.75, 3.05) is 32.1 Å². The van der Waals surface area contributed by atoms with Crippen molar-refractivity contribution in [3.63, 3.8) is 0 Å². The predicted molar refractivity (Wildman–Crippen MR) is 159 cm³/mol. The van der Waals surface area contributed by atoms with Gasteiger partial charge >= 0.3 is 12.1 Å². The summed E-state index contributed by atoms with van der Waals surface area (Å²) >= 11 is 0. The number of benzene rings is 1. The van der Waals surface area contributed by atoms with Crippen molar-refractivity contribution in [2.45, 2.75) is 58.1 Å². The number of likely N-dealkylation sites (tertiary alicyclic amines) is 1. The first-order valence-corrected chi connectivity index (χ1v) is 14.7. The average Bonchev–Trinajstić information content (AvgIpc) is 3.47. The summed E-state index contributed by atoms with van der Waals surface area (Å²) < 4.78 is 52.7. The van der Waals surface area contributed by atoms with Crippen LogP contribution in [0.1, 0.15) is 42.2 Å².